The minimum atomic E-state index is 0.521. The smallest absolute Gasteiger partial charge is 0.146 e. The molecular formula is C29H18BrClN2O. The normalized spacial score (nSPS) is 11.2. The zero-order chi connectivity index (χ0) is 23.1. The summed E-state index contributed by atoms with van der Waals surface area (Å²) >= 11 is 10.3. The Labute approximate surface area is 210 Å². The standard InChI is InChI=1S/C29H18BrClN2O/c30-28-20-8-2-1-7-18(20)13-15-27(28)34-26-16-14-19(17-23(26)31)32-29-21-9-3-5-11-24(21)33-25-12-6-4-10-22(25)29/h1-17H,(H,32,33). The van der Waals surface area contributed by atoms with Crippen LogP contribution in [0.25, 0.3) is 32.6 Å². The second-order valence-corrected chi connectivity index (χ2v) is 9.19. The van der Waals surface area contributed by atoms with Crippen LogP contribution in [0, 0.1) is 0 Å². The molecule has 0 saturated carbocycles. The van der Waals surface area contributed by atoms with E-state index in [-0.39, 0.29) is 0 Å². The van der Waals surface area contributed by atoms with Gasteiger partial charge in [0.15, 0.2) is 0 Å². The van der Waals surface area contributed by atoms with Crippen molar-refractivity contribution in [2.45, 2.75) is 0 Å². The first-order valence-corrected chi connectivity index (χ1v) is 12.0. The molecule has 0 aliphatic rings. The van der Waals surface area contributed by atoms with E-state index in [4.69, 9.17) is 21.3 Å². The van der Waals surface area contributed by atoms with E-state index in [0.717, 1.165) is 48.4 Å². The maximum Gasteiger partial charge on any atom is 0.146 e. The average Bonchev–Trinajstić information content (AvgIpc) is 2.87. The summed E-state index contributed by atoms with van der Waals surface area (Å²) in [5.74, 6) is 1.31. The zero-order valence-corrected chi connectivity index (χ0v) is 20.3. The number of hydrogen-bond donors (Lipinski definition) is 1. The molecular weight excluding hydrogens is 508 g/mol. The van der Waals surface area contributed by atoms with Gasteiger partial charge in [-0.25, -0.2) is 4.98 Å². The Bertz CT molecular complexity index is 1650. The maximum absolute atomic E-state index is 6.66. The second kappa shape index (κ2) is 8.64. The summed E-state index contributed by atoms with van der Waals surface area (Å²) in [4.78, 5) is 4.80. The Morgan fingerprint density at radius 2 is 1.29 bits per heavy atom. The highest BCUT2D eigenvalue weighted by Gasteiger charge is 2.12. The molecule has 6 rings (SSSR count). The van der Waals surface area contributed by atoms with Gasteiger partial charge in [0.1, 0.15) is 11.5 Å². The Kier molecular flexibility index (Phi) is 5.33. The number of hydrogen-bond acceptors (Lipinski definition) is 3. The molecule has 5 aromatic carbocycles. The van der Waals surface area contributed by atoms with E-state index in [1.54, 1.807) is 0 Å². The van der Waals surface area contributed by atoms with E-state index in [9.17, 15) is 0 Å². The fraction of sp³-hybridized carbons (Fsp3) is 0. The lowest BCUT2D eigenvalue weighted by Gasteiger charge is -2.15. The van der Waals surface area contributed by atoms with Crippen molar-refractivity contribution in [3.05, 3.63) is 113 Å². The molecule has 0 atom stereocenters. The number of pyridine rings is 1. The highest BCUT2D eigenvalue weighted by atomic mass is 79.9. The van der Waals surface area contributed by atoms with Crippen LogP contribution in [0.5, 0.6) is 11.5 Å². The van der Waals surface area contributed by atoms with E-state index in [0.29, 0.717) is 16.5 Å². The maximum atomic E-state index is 6.66. The molecule has 0 fully saturated rings. The molecule has 1 aromatic heterocycles. The Morgan fingerprint density at radius 1 is 0.676 bits per heavy atom. The van der Waals surface area contributed by atoms with Crippen molar-refractivity contribution in [2.75, 3.05) is 5.32 Å². The first-order valence-electron chi connectivity index (χ1n) is 10.9. The predicted molar refractivity (Wildman–Crippen MR) is 146 cm³/mol. The summed E-state index contributed by atoms with van der Waals surface area (Å²) in [5.41, 5.74) is 3.76. The third kappa shape index (κ3) is 3.75. The lowest BCUT2D eigenvalue weighted by atomic mass is 10.1. The number of benzene rings is 5. The topological polar surface area (TPSA) is 34.2 Å². The lowest BCUT2D eigenvalue weighted by molar-refractivity contribution is 0.481. The molecule has 0 unspecified atom stereocenters. The van der Waals surface area contributed by atoms with Crippen LogP contribution in [0.1, 0.15) is 0 Å². The lowest BCUT2D eigenvalue weighted by Crippen LogP contribution is -1.96. The van der Waals surface area contributed by atoms with Gasteiger partial charge in [-0.1, -0.05) is 78.3 Å². The van der Waals surface area contributed by atoms with Crippen LogP contribution in [0.3, 0.4) is 0 Å². The molecule has 0 aliphatic heterocycles. The van der Waals surface area contributed by atoms with E-state index < -0.39 is 0 Å². The van der Waals surface area contributed by atoms with E-state index >= 15 is 0 Å². The van der Waals surface area contributed by atoms with Crippen LogP contribution in [0.15, 0.2) is 108 Å². The quantitative estimate of drug-likeness (QED) is 0.233. The van der Waals surface area contributed by atoms with Crippen LogP contribution in [-0.4, -0.2) is 4.98 Å². The Balaban J connectivity index is 1.36. The van der Waals surface area contributed by atoms with Gasteiger partial charge < -0.3 is 10.1 Å². The van der Waals surface area contributed by atoms with Gasteiger partial charge in [0.2, 0.25) is 0 Å². The number of fused-ring (bicyclic) bond motifs is 3. The summed E-state index contributed by atoms with van der Waals surface area (Å²) < 4.78 is 7.08. The van der Waals surface area contributed by atoms with Gasteiger partial charge in [-0.3, -0.25) is 0 Å². The number of nitrogens with zero attached hydrogens (tertiary/aromatic N) is 1. The van der Waals surface area contributed by atoms with E-state index in [2.05, 4.69) is 45.5 Å². The first kappa shape index (κ1) is 21.0. The van der Waals surface area contributed by atoms with Gasteiger partial charge in [-0.15, -0.1) is 0 Å². The van der Waals surface area contributed by atoms with Crippen LogP contribution >= 0.6 is 27.5 Å². The number of para-hydroxylation sites is 2. The largest absolute Gasteiger partial charge is 0.455 e. The van der Waals surface area contributed by atoms with Gasteiger partial charge >= 0.3 is 0 Å². The summed E-state index contributed by atoms with van der Waals surface area (Å²) in [6.45, 7) is 0. The molecule has 0 radical (unpaired) electrons. The van der Waals surface area contributed by atoms with Crippen molar-refractivity contribution >= 4 is 71.5 Å². The van der Waals surface area contributed by atoms with Gasteiger partial charge in [0.25, 0.3) is 0 Å². The van der Waals surface area contributed by atoms with E-state index in [1.165, 1.54) is 0 Å². The van der Waals surface area contributed by atoms with Crippen molar-refractivity contribution in [3.8, 4) is 11.5 Å². The summed E-state index contributed by atoms with van der Waals surface area (Å²) in [6.07, 6.45) is 0. The number of anilines is 2. The van der Waals surface area contributed by atoms with Crippen molar-refractivity contribution in [3.63, 3.8) is 0 Å². The van der Waals surface area contributed by atoms with E-state index in [1.807, 2.05) is 78.9 Å². The van der Waals surface area contributed by atoms with Gasteiger partial charge in [-0.2, -0.15) is 0 Å². The summed E-state index contributed by atoms with van der Waals surface area (Å²) in [6, 6.07) is 34.2. The Hall–Kier alpha value is -3.60. The fourth-order valence-electron chi connectivity index (χ4n) is 4.19. The monoisotopic (exact) mass is 524 g/mol. The number of nitrogens with one attached hydrogen (secondary N) is 1. The number of halogens is 2. The summed E-state index contributed by atoms with van der Waals surface area (Å²) in [7, 11) is 0. The van der Waals surface area contributed by atoms with Crippen molar-refractivity contribution < 1.29 is 4.74 Å². The molecule has 0 aliphatic carbocycles. The minimum absolute atomic E-state index is 0.521. The van der Waals surface area contributed by atoms with Crippen molar-refractivity contribution in [2.24, 2.45) is 0 Å². The van der Waals surface area contributed by atoms with Crippen LogP contribution in [0.4, 0.5) is 11.4 Å². The predicted octanol–water partition coefficient (Wildman–Crippen LogP) is 9.49. The zero-order valence-electron chi connectivity index (χ0n) is 17.9. The molecule has 0 bridgehead atoms. The molecule has 0 amide bonds. The third-order valence-electron chi connectivity index (χ3n) is 5.84. The van der Waals surface area contributed by atoms with Gasteiger partial charge in [0, 0.05) is 16.5 Å². The fourth-order valence-corrected chi connectivity index (χ4v) is 4.98. The van der Waals surface area contributed by atoms with Crippen LogP contribution < -0.4 is 10.1 Å². The molecule has 164 valence electrons. The molecule has 5 heteroatoms. The number of aromatic nitrogens is 1. The van der Waals surface area contributed by atoms with Gasteiger partial charge in [-0.05, 0) is 63.1 Å². The SMILES string of the molecule is Clc1cc(Nc2c3ccccc3nc3ccccc23)ccc1Oc1ccc2ccccc2c1Br. The molecule has 34 heavy (non-hydrogen) atoms. The van der Waals surface area contributed by atoms with Crippen molar-refractivity contribution in [1.29, 1.82) is 0 Å². The summed E-state index contributed by atoms with van der Waals surface area (Å²) in [5, 5.41) is 8.43. The minimum Gasteiger partial charge on any atom is -0.455 e. The Morgan fingerprint density at radius 3 is 2.00 bits per heavy atom. The van der Waals surface area contributed by atoms with Crippen LogP contribution in [0.2, 0.25) is 5.02 Å². The number of ether oxygens (including phenoxy) is 1. The molecule has 1 heterocycles. The molecule has 0 saturated heterocycles. The highest BCUT2D eigenvalue weighted by Crippen LogP contribution is 2.40. The average molecular weight is 526 g/mol. The number of rotatable bonds is 4. The first-order chi connectivity index (χ1) is 16.7. The van der Waals surface area contributed by atoms with Gasteiger partial charge in [0.05, 0.1) is 26.2 Å². The van der Waals surface area contributed by atoms with Crippen molar-refractivity contribution in [1.82, 2.24) is 4.98 Å². The molecule has 3 nitrogen and oxygen atoms in total. The molecule has 0 spiro atoms. The third-order valence-corrected chi connectivity index (χ3v) is 6.95. The highest BCUT2D eigenvalue weighted by molar-refractivity contribution is 9.10. The molecule has 1 N–H and O–H groups in total. The second-order valence-electron chi connectivity index (χ2n) is 7.99. The molecule has 6 aromatic rings. The van der Waals surface area contributed by atoms with Crippen LogP contribution in [-0.2, 0) is 0 Å².